The van der Waals surface area contributed by atoms with Gasteiger partial charge in [0, 0.05) is 46.3 Å². The summed E-state index contributed by atoms with van der Waals surface area (Å²) >= 11 is 0. The average molecular weight is 358 g/mol. The molecule has 0 aromatic carbocycles. The zero-order chi connectivity index (χ0) is 18.8. The number of rotatable bonds is 5. The number of aromatic nitrogens is 4. The molecule has 26 heavy (non-hydrogen) atoms. The molecule has 2 atom stereocenters. The van der Waals surface area contributed by atoms with Gasteiger partial charge < -0.3 is 14.9 Å². The van der Waals surface area contributed by atoms with Crippen molar-refractivity contribution >= 4 is 17.7 Å². The fourth-order valence-electron chi connectivity index (χ4n) is 3.31. The Bertz CT molecular complexity index is 818. The molecule has 0 bridgehead atoms. The van der Waals surface area contributed by atoms with Crippen LogP contribution in [-0.4, -0.2) is 69.0 Å². The average Bonchev–Trinajstić information content (AvgIpc) is 3.20. The molecule has 2 aromatic rings. The van der Waals surface area contributed by atoms with Gasteiger partial charge in [-0.2, -0.15) is 0 Å². The van der Waals surface area contributed by atoms with Crippen LogP contribution in [0.15, 0.2) is 24.4 Å². The summed E-state index contributed by atoms with van der Waals surface area (Å²) in [5, 5.41) is 17.4. The van der Waals surface area contributed by atoms with Crippen LogP contribution < -0.4 is 4.90 Å². The minimum atomic E-state index is -0.838. The minimum absolute atomic E-state index is 0.0465. The van der Waals surface area contributed by atoms with E-state index in [1.807, 2.05) is 17.2 Å². The monoisotopic (exact) mass is 358 g/mol. The van der Waals surface area contributed by atoms with E-state index in [2.05, 4.69) is 15.3 Å². The summed E-state index contributed by atoms with van der Waals surface area (Å²) < 4.78 is 1.62. The summed E-state index contributed by atoms with van der Waals surface area (Å²) in [6.45, 7) is 1.13. The largest absolute Gasteiger partial charge is 0.481 e. The maximum Gasteiger partial charge on any atom is 0.303 e. The molecule has 3 rings (SSSR count). The number of pyridine rings is 1. The summed E-state index contributed by atoms with van der Waals surface area (Å²) in [6, 6.07) is 5.31. The second kappa shape index (κ2) is 7.11. The topological polar surface area (TPSA) is 104 Å². The Hall–Kier alpha value is -2.97. The summed E-state index contributed by atoms with van der Waals surface area (Å²) in [4.78, 5) is 31.4. The fraction of sp³-hybridized carbons (Fsp3) is 0.471. The zero-order valence-electron chi connectivity index (χ0n) is 15.0. The Morgan fingerprint density at radius 3 is 2.69 bits per heavy atom. The first-order chi connectivity index (χ1) is 12.3. The van der Waals surface area contributed by atoms with Gasteiger partial charge in [-0.25, -0.2) is 4.98 Å². The highest BCUT2D eigenvalue weighted by Crippen LogP contribution is 2.35. The molecule has 1 fully saturated rings. The van der Waals surface area contributed by atoms with E-state index in [4.69, 9.17) is 0 Å². The molecule has 2 aromatic heterocycles. The van der Waals surface area contributed by atoms with Crippen LogP contribution in [-0.2, 0) is 11.8 Å². The number of carboxylic acid groups (broad SMARTS) is 1. The van der Waals surface area contributed by atoms with Gasteiger partial charge in [-0.05, 0) is 18.1 Å². The molecule has 0 saturated carbocycles. The van der Waals surface area contributed by atoms with Crippen molar-refractivity contribution < 1.29 is 14.7 Å². The first-order valence-corrected chi connectivity index (χ1v) is 8.37. The number of hydrogen-bond donors (Lipinski definition) is 1. The van der Waals surface area contributed by atoms with Gasteiger partial charge in [0.1, 0.15) is 11.5 Å². The first-order valence-electron chi connectivity index (χ1n) is 8.37. The molecular weight excluding hydrogens is 336 g/mol. The predicted molar refractivity (Wildman–Crippen MR) is 94.0 cm³/mol. The van der Waals surface area contributed by atoms with Crippen LogP contribution in [0.5, 0.6) is 0 Å². The van der Waals surface area contributed by atoms with Crippen LogP contribution >= 0.6 is 0 Å². The lowest BCUT2D eigenvalue weighted by molar-refractivity contribution is -0.138. The van der Waals surface area contributed by atoms with Crippen LogP contribution in [0.4, 0.5) is 5.82 Å². The molecule has 3 heterocycles. The summed E-state index contributed by atoms with van der Waals surface area (Å²) in [6.07, 6.45) is 1.87. The fourth-order valence-corrected chi connectivity index (χ4v) is 3.31. The van der Waals surface area contributed by atoms with Crippen LogP contribution in [0.2, 0.25) is 0 Å². The molecule has 1 saturated heterocycles. The Kier molecular flexibility index (Phi) is 4.88. The van der Waals surface area contributed by atoms with E-state index in [9.17, 15) is 14.7 Å². The van der Waals surface area contributed by atoms with Gasteiger partial charge in [0.15, 0.2) is 0 Å². The number of amides is 1. The van der Waals surface area contributed by atoms with Gasteiger partial charge in [0.2, 0.25) is 0 Å². The SMILES string of the molecule is CN(C)C(=O)c1cccc(N2C[C@@H](CC(=O)O)[C@@H](c3cn(C)nn3)C2)n1. The van der Waals surface area contributed by atoms with Crippen molar-refractivity contribution in [2.75, 3.05) is 32.1 Å². The standard InChI is InChI=1S/C17H22N6O3/c1-21(2)17(26)13-5-4-6-15(18-13)23-8-11(7-16(24)25)12(9-23)14-10-22(3)20-19-14/h4-6,10-12H,7-9H2,1-3H3,(H,24,25)/t11-,12+/m1/s1. The van der Waals surface area contributed by atoms with E-state index >= 15 is 0 Å². The number of carbonyl (C=O) groups excluding carboxylic acids is 1. The normalized spacial score (nSPS) is 19.6. The Morgan fingerprint density at radius 1 is 1.31 bits per heavy atom. The number of hydrogen-bond acceptors (Lipinski definition) is 6. The third kappa shape index (κ3) is 3.66. The molecule has 138 valence electrons. The van der Waals surface area contributed by atoms with Gasteiger partial charge in [0.05, 0.1) is 12.1 Å². The van der Waals surface area contributed by atoms with Crippen LogP contribution in [0.25, 0.3) is 0 Å². The molecule has 1 N–H and O–H groups in total. The van der Waals surface area contributed by atoms with Crippen molar-refractivity contribution in [3.05, 3.63) is 35.8 Å². The van der Waals surface area contributed by atoms with Crippen molar-refractivity contribution in [1.29, 1.82) is 0 Å². The first kappa shape index (κ1) is 17.8. The van der Waals surface area contributed by atoms with Crippen LogP contribution in [0.1, 0.15) is 28.5 Å². The van der Waals surface area contributed by atoms with E-state index in [1.54, 1.807) is 38.0 Å². The second-order valence-corrected chi connectivity index (χ2v) is 6.77. The van der Waals surface area contributed by atoms with Crippen molar-refractivity contribution in [1.82, 2.24) is 24.9 Å². The van der Waals surface area contributed by atoms with Crippen LogP contribution in [0, 0.1) is 5.92 Å². The van der Waals surface area contributed by atoms with E-state index in [0.717, 1.165) is 5.69 Å². The molecule has 1 amide bonds. The number of aliphatic carboxylic acids is 1. The molecule has 9 heteroatoms. The number of carboxylic acids is 1. The van der Waals surface area contributed by atoms with E-state index < -0.39 is 5.97 Å². The third-order valence-electron chi connectivity index (χ3n) is 4.56. The molecule has 0 spiro atoms. The number of carbonyl (C=O) groups is 2. The number of nitrogens with zero attached hydrogens (tertiary/aromatic N) is 6. The maximum atomic E-state index is 12.2. The van der Waals surface area contributed by atoms with E-state index in [-0.39, 0.29) is 24.2 Å². The minimum Gasteiger partial charge on any atom is -0.481 e. The predicted octanol–water partition coefficient (Wildman–Crippen LogP) is 0.607. The van der Waals surface area contributed by atoms with Crippen LogP contribution in [0.3, 0.4) is 0 Å². The Balaban J connectivity index is 1.86. The molecule has 0 aliphatic carbocycles. The highest BCUT2D eigenvalue weighted by Gasteiger charge is 2.37. The molecule has 1 aliphatic rings. The van der Waals surface area contributed by atoms with E-state index in [1.165, 1.54) is 4.90 Å². The van der Waals surface area contributed by atoms with Gasteiger partial charge in [-0.1, -0.05) is 11.3 Å². The van der Waals surface area contributed by atoms with E-state index in [0.29, 0.717) is 24.6 Å². The summed E-state index contributed by atoms with van der Waals surface area (Å²) in [7, 11) is 5.15. The maximum absolute atomic E-state index is 12.2. The molecule has 0 unspecified atom stereocenters. The molecule has 1 aliphatic heterocycles. The Labute approximate surface area is 151 Å². The number of anilines is 1. The summed E-state index contributed by atoms with van der Waals surface area (Å²) in [5.74, 6) is -0.484. The molecule has 0 radical (unpaired) electrons. The zero-order valence-corrected chi connectivity index (χ0v) is 15.0. The highest BCUT2D eigenvalue weighted by atomic mass is 16.4. The smallest absolute Gasteiger partial charge is 0.303 e. The second-order valence-electron chi connectivity index (χ2n) is 6.77. The van der Waals surface area contributed by atoms with Gasteiger partial charge in [0.25, 0.3) is 5.91 Å². The lowest BCUT2D eigenvalue weighted by Gasteiger charge is -2.18. The highest BCUT2D eigenvalue weighted by molar-refractivity contribution is 5.92. The quantitative estimate of drug-likeness (QED) is 0.835. The van der Waals surface area contributed by atoms with Gasteiger partial charge in [-0.15, -0.1) is 5.10 Å². The summed E-state index contributed by atoms with van der Waals surface area (Å²) in [5.41, 5.74) is 1.15. The lowest BCUT2D eigenvalue weighted by atomic mass is 9.91. The van der Waals surface area contributed by atoms with Gasteiger partial charge in [-0.3, -0.25) is 14.3 Å². The molecular formula is C17H22N6O3. The van der Waals surface area contributed by atoms with Crippen molar-refractivity contribution in [2.24, 2.45) is 13.0 Å². The lowest BCUT2D eigenvalue weighted by Crippen LogP contribution is -2.25. The number of aryl methyl sites for hydroxylation is 1. The van der Waals surface area contributed by atoms with Gasteiger partial charge >= 0.3 is 5.97 Å². The molecule has 9 nitrogen and oxygen atoms in total. The van der Waals surface area contributed by atoms with Crippen molar-refractivity contribution in [3.63, 3.8) is 0 Å². The van der Waals surface area contributed by atoms with Crippen molar-refractivity contribution in [2.45, 2.75) is 12.3 Å². The Morgan fingerprint density at radius 2 is 2.08 bits per heavy atom. The van der Waals surface area contributed by atoms with Crippen molar-refractivity contribution in [3.8, 4) is 0 Å². The third-order valence-corrected chi connectivity index (χ3v) is 4.56.